The van der Waals surface area contributed by atoms with Crippen LogP contribution < -0.4 is 4.90 Å². The predicted molar refractivity (Wildman–Crippen MR) is 137 cm³/mol. The molecule has 0 saturated carbocycles. The number of terminal acetylenes is 1. The summed E-state index contributed by atoms with van der Waals surface area (Å²) >= 11 is 0. The first-order valence-corrected chi connectivity index (χ1v) is 12.1. The van der Waals surface area contributed by atoms with Crippen molar-refractivity contribution in [3.63, 3.8) is 0 Å². The molecule has 184 valence electrons. The average molecular weight is 475 g/mol. The maximum absolute atomic E-state index is 11.9. The van der Waals surface area contributed by atoms with Gasteiger partial charge in [0.25, 0.3) is 0 Å². The summed E-state index contributed by atoms with van der Waals surface area (Å²) in [5.41, 5.74) is 7.16. The smallest absolute Gasteiger partial charge is 0.219 e. The van der Waals surface area contributed by atoms with E-state index in [1.165, 1.54) is 29.7 Å². The van der Waals surface area contributed by atoms with Gasteiger partial charge in [0.1, 0.15) is 0 Å². The van der Waals surface area contributed by atoms with Gasteiger partial charge in [-0.2, -0.15) is 10.2 Å². The Hall–Kier alpha value is -3.57. The Morgan fingerprint density at radius 2 is 1.97 bits per heavy atom. The molecule has 3 aromatic rings. The number of rotatable bonds is 2. The lowest BCUT2D eigenvalue weighted by Crippen LogP contribution is -2.34. The van der Waals surface area contributed by atoms with Gasteiger partial charge in [0.2, 0.25) is 5.91 Å². The molecule has 0 aliphatic carbocycles. The third-order valence-electron chi connectivity index (χ3n) is 6.78. The molecule has 5 heterocycles. The first-order chi connectivity index (χ1) is 17.0. The molecule has 35 heavy (non-hydrogen) atoms. The van der Waals surface area contributed by atoms with E-state index in [4.69, 9.17) is 4.74 Å². The highest BCUT2D eigenvalue weighted by molar-refractivity contribution is 5.77. The highest BCUT2D eigenvalue weighted by Gasteiger charge is 2.32. The first kappa shape index (κ1) is 24.6. The van der Waals surface area contributed by atoms with Crippen molar-refractivity contribution in [3.8, 4) is 24.0 Å². The van der Waals surface area contributed by atoms with Gasteiger partial charge >= 0.3 is 0 Å². The number of aromatic amines is 1. The summed E-state index contributed by atoms with van der Waals surface area (Å²) in [4.78, 5) is 16.1. The van der Waals surface area contributed by atoms with Gasteiger partial charge in [0.05, 0.1) is 12.7 Å². The number of aromatic nitrogens is 4. The van der Waals surface area contributed by atoms with Gasteiger partial charge in [-0.3, -0.25) is 14.6 Å². The Kier molecular flexibility index (Phi) is 7.57. The standard InChI is InChI=1S/C21H24N6O.C4H8O.C2H2/c1-13-10-27(21-18-12-26(14(2)28)7-6-19(18)23-24-21)20-5-4-15(8-17(13)20)16-9-22-25(3)11-16;1-2-4-5-3-1;1-2/h4-5,8-9,11,13H,6-7,10,12H2,1-3H3,(H,23,24);1-4H2;1-2H/t13-;;/m0../s1. The van der Waals surface area contributed by atoms with Crippen LogP contribution in [-0.4, -0.2) is 57.1 Å². The van der Waals surface area contributed by atoms with Crippen LogP contribution in [0.25, 0.3) is 11.1 Å². The summed E-state index contributed by atoms with van der Waals surface area (Å²) in [7, 11) is 1.94. The largest absolute Gasteiger partial charge is 0.381 e. The predicted octanol–water partition coefficient (Wildman–Crippen LogP) is 4.02. The molecule has 0 unspecified atom stereocenters. The second kappa shape index (κ2) is 10.8. The average Bonchev–Trinajstić information content (AvgIpc) is 3.68. The maximum Gasteiger partial charge on any atom is 0.219 e. The molecule has 2 aromatic heterocycles. The Balaban J connectivity index is 0.000000362. The van der Waals surface area contributed by atoms with E-state index in [1.54, 1.807) is 6.92 Å². The number of hydrogen-bond acceptors (Lipinski definition) is 5. The number of nitrogens with zero attached hydrogens (tertiary/aromatic N) is 5. The topological polar surface area (TPSA) is 79.3 Å². The van der Waals surface area contributed by atoms with Crippen molar-refractivity contribution in [1.82, 2.24) is 24.9 Å². The summed E-state index contributed by atoms with van der Waals surface area (Å²) in [5.74, 6) is 1.49. The normalized spacial score (nSPS) is 18.1. The Morgan fingerprint density at radius 1 is 1.20 bits per heavy atom. The van der Waals surface area contributed by atoms with Crippen LogP contribution in [0.1, 0.15) is 49.4 Å². The number of carbonyl (C=O) groups excluding carboxylic acids is 1. The van der Waals surface area contributed by atoms with Crippen molar-refractivity contribution in [2.24, 2.45) is 7.05 Å². The lowest BCUT2D eigenvalue weighted by atomic mass is 9.99. The fourth-order valence-electron chi connectivity index (χ4n) is 4.90. The third-order valence-corrected chi connectivity index (χ3v) is 6.78. The van der Waals surface area contributed by atoms with Crippen LogP contribution in [0.3, 0.4) is 0 Å². The van der Waals surface area contributed by atoms with Crippen LogP contribution >= 0.6 is 0 Å². The molecule has 6 rings (SSSR count). The van der Waals surface area contributed by atoms with Gasteiger partial charge in [-0.25, -0.2) is 0 Å². The van der Waals surface area contributed by atoms with Gasteiger partial charge in [-0.1, -0.05) is 13.0 Å². The van der Waals surface area contributed by atoms with Gasteiger partial charge in [0.15, 0.2) is 5.82 Å². The molecule has 1 atom stereocenters. The van der Waals surface area contributed by atoms with Crippen molar-refractivity contribution in [2.45, 2.75) is 45.6 Å². The van der Waals surface area contributed by atoms with Crippen LogP contribution in [0.15, 0.2) is 30.6 Å². The third kappa shape index (κ3) is 5.10. The zero-order chi connectivity index (χ0) is 24.9. The quantitative estimate of drug-likeness (QED) is 0.568. The Bertz CT molecular complexity index is 1180. The Labute approximate surface area is 207 Å². The summed E-state index contributed by atoms with van der Waals surface area (Å²) in [6, 6.07) is 6.62. The minimum absolute atomic E-state index is 0.120. The van der Waals surface area contributed by atoms with Crippen LogP contribution in [0.5, 0.6) is 0 Å². The minimum Gasteiger partial charge on any atom is -0.381 e. The van der Waals surface area contributed by atoms with Crippen molar-refractivity contribution >= 4 is 17.4 Å². The van der Waals surface area contributed by atoms with E-state index >= 15 is 0 Å². The van der Waals surface area contributed by atoms with Crippen molar-refractivity contribution in [3.05, 3.63) is 47.4 Å². The van der Waals surface area contributed by atoms with Crippen molar-refractivity contribution in [1.29, 1.82) is 0 Å². The zero-order valence-corrected chi connectivity index (χ0v) is 20.8. The molecular formula is C27H34N6O2. The molecule has 0 spiro atoms. The number of fused-ring (bicyclic) bond motifs is 2. The molecule has 3 aliphatic heterocycles. The molecule has 1 N–H and O–H groups in total. The van der Waals surface area contributed by atoms with E-state index in [-0.39, 0.29) is 5.91 Å². The van der Waals surface area contributed by atoms with E-state index in [2.05, 4.69) is 58.2 Å². The number of carbonyl (C=O) groups is 1. The fraction of sp³-hybridized carbons (Fsp3) is 0.444. The van der Waals surface area contributed by atoms with E-state index in [9.17, 15) is 4.79 Å². The van der Waals surface area contributed by atoms with E-state index in [0.717, 1.165) is 55.4 Å². The highest BCUT2D eigenvalue weighted by atomic mass is 16.5. The molecule has 8 nitrogen and oxygen atoms in total. The lowest BCUT2D eigenvalue weighted by molar-refractivity contribution is -0.129. The number of anilines is 2. The lowest BCUT2D eigenvalue weighted by Gasteiger charge is -2.27. The summed E-state index contributed by atoms with van der Waals surface area (Å²) < 4.78 is 6.77. The number of ether oxygens (including phenoxy) is 1. The first-order valence-electron chi connectivity index (χ1n) is 12.1. The van der Waals surface area contributed by atoms with Crippen molar-refractivity contribution in [2.75, 3.05) is 31.2 Å². The SMILES string of the molecule is C#C.C1CCOC1.CC(=O)N1CCc2[nH]nc(N3C[C@H](C)c4cc(-c5cnn(C)c5)ccc43)c2C1. The molecule has 8 heteroatoms. The second-order valence-corrected chi connectivity index (χ2v) is 9.20. The number of hydrogen-bond donors (Lipinski definition) is 1. The highest BCUT2D eigenvalue weighted by Crippen LogP contribution is 2.43. The van der Waals surface area contributed by atoms with E-state index in [1.807, 2.05) is 29.0 Å². The van der Waals surface area contributed by atoms with Crippen molar-refractivity contribution < 1.29 is 9.53 Å². The van der Waals surface area contributed by atoms with E-state index < -0.39 is 0 Å². The zero-order valence-electron chi connectivity index (χ0n) is 20.8. The van der Waals surface area contributed by atoms with Crippen LogP contribution in [0.2, 0.25) is 0 Å². The van der Waals surface area contributed by atoms with Gasteiger partial charge in [-0.15, -0.1) is 12.8 Å². The summed E-state index contributed by atoms with van der Waals surface area (Å²) in [5, 5.41) is 12.1. The van der Waals surface area contributed by atoms with Gasteiger partial charge in [0, 0.05) is 81.3 Å². The number of amides is 1. The molecule has 3 aliphatic rings. The number of aryl methyl sites for hydroxylation is 1. The second-order valence-electron chi connectivity index (χ2n) is 9.20. The molecule has 1 fully saturated rings. The summed E-state index contributed by atoms with van der Waals surface area (Å²) in [6.07, 6.45) is 15.3. The number of nitrogens with one attached hydrogen (secondary N) is 1. The molecular weight excluding hydrogens is 440 g/mol. The summed E-state index contributed by atoms with van der Waals surface area (Å²) in [6.45, 7) is 8.17. The molecule has 0 bridgehead atoms. The number of benzene rings is 1. The van der Waals surface area contributed by atoms with E-state index in [0.29, 0.717) is 12.5 Å². The Morgan fingerprint density at radius 3 is 2.60 bits per heavy atom. The van der Waals surface area contributed by atoms with Gasteiger partial charge < -0.3 is 14.5 Å². The monoisotopic (exact) mass is 474 g/mol. The molecule has 1 saturated heterocycles. The van der Waals surface area contributed by atoms with Crippen LogP contribution in [-0.2, 0) is 29.5 Å². The van der Waals surface area contributed by atoms with Crippen LogP contribution in [0.4, 0.5) is 11.5 Å². The number of H-pyrrole nitrogens is 1. The fourth-order valence-corrected chi connectivity index (χ4v) is 4.90. The van der Waals surface area contributed by atoms with Gasteiger partial charge in [-0.05, 0) is 36.1 Å². The molecule has 1 amide bonds. The van der Waals surface area contributed by atoms with Crippen LogP contribution in [0, 0.1) is 12.8 Å². The maximum atomic E-state index is 11.9. The molecule has 1 aromatic carbocycles. The minimum atomic E-state index is 0.120. The molecule has 0 radical (unpaired) electrons.